The number of halogens is 2. The van der Waals surface area contributed by atoms with Gasteiger partial charge in [0.05, 0.1) is 16.5 Å². The average molecular weight is 664 g/mol. The van der Waals surface area contributed by atoms with Crippen molar-refractivity contribution >= 4 is 55.2 Å². The summed E-state index contributed by atoms with van der Waals surface area (Å²) in [6, 6.07) is 15.8. The Balaban J connectivity index is 1.96. The Labute approximate surface area is 249 Å². The fourth-order valence-electron chi connectivity index (χ4n) is 3.74. The van der Waals surface area contributed by atoms with E-state index >= 15 is 0 Å². The Morgan fingerprint density at radius 2 is 1.00 bits per heavy atom. The molecule has 0 saturated heterocycles. The van der Waals surface area contributed by atoms with Gasteiger partial charge in [0.15, 0.2) is 0 Å². The van der Waals surface area contributed by atoms with Gasteiger partial charge in [-0.3, -0.25) is 0 Å². The molecule has 2 amide bonds. The molecule has 0 radical (unpaired) electrons. The standard InChI is InChI=1S/C31H40Br2N2O4/c1-21(2)23-9-13-25(14-10-23)29(5,6)34-27(36)38-19-31(17-32,18-33)20-39-28(37)35-30(7,8)26-15-11-24(12-16-26)22(3)4/h9-16H,1,3,17-20H2,2,4-8H3,(H,34,36)(H,35,37). The van der Waals surface area contributed by atoms with Crippen LogP contribution in [-0.2, 0) is 20.6 Å². The maximum absolute atomic E-state index is 12.7. The van der Waals surface area contributed by atoms with E-state index in [1.807, 2.05) is 90.1 Å². The molecule has 0 bridgehead atoms. The zero-order valence-corrected chi connectivity index (χ0v) is 26.9. The van der Waals surface area contributed by atoms with Gasteiger partial charge in [0.25, 0.3) is 0 Å². The lowest BCUT2D eigenvalue weighted by Crippen LogP contribution is -2.46. The van der Waals surface area contributed by atoms with Gasteiger partial charge in [0.2, 0.25) is 0 Å². The Hall–Kier alpha value is -2.58. The van der Waals surface area contributed by atoms with Gasteiger partial charge in [-0.15, -0.1) is 0 Å². The van der Waals surface area contributed by atoms with Gasteiger partial charge in [0.1, 0.15) is 13.2 Å². The molecule has 0 aliphatic rings. The summed E-state index contributed by atoms with van der Waals surface area (Å²) in [5, 5.41) is 6.75. The van der Waals surface area contributed by atoms with E-state index in [4.69, 9.17) is 9.47 Å². The maximum atomic E-state index is 12.7. The van der Waals surface area contributed by atoms with E-state index in [0.717, 1.165) is 33.4 Å². The second kappa shape index (κ2) is 13.7. The first kappa shape index (κ1) is 32.6. The van der Waals surface area contributed by atoms with E-state index in [1.54, 1.807) is 0 Å². The highest BCUT2D eigenvalue weighted by Gasteiger charge is 2.34. The summed E-state index contributed by atoms with van der Waals surface area (Å²) in [6.07, 6.45) is -1.11. The molecule has 6 nitrogen and oxygen atoms in total. The first-order valence-corrected chi connectivity index (χ1v) is 14.9. The number of alkyl carbamates (subject to hydrolysis) is 2. The molecule has 2 aromatic carbocycles. The van der Waals surface area contributed by atoms with Crippen molar-refractivity contribution in [2.75, 3.05) is 23.9 Å². The van der Waals surface area contributed by atoms with Crippen molar-refractivity contribution in [3.63, 3.8) is 0 Å². The number of nitrogens with one attached hydrogen (secondary N) is 2. The number of hydrogen-bond acceptors (Lipinski definition) is 4. The third-order valence-electron chi connectivity index (χ3n) is 6.61. The van der Waals surface area contributed by atoms with Crippen LogP contribution in [0.25, 0.3) is 11.1 Å². The summed E-state index contributed by atoms with van der Waals surface area (Å²) in [7, 11) is 0. The number of amides is 2. The summed E-state index contributed by atoms with van der Waals surface area (Å²) < 4.78 is 11.2. The second-order valence-corrected chi connectivity index (χ2v) is 12.3. The van der Waals surface area contributed by atoms with Crippen molar-refractivity contribution in [3.05, 3.63) is 83.9 Å². The number of rotatable bonds is 12. The lowest BCUT2D eigenvalue weighted by atomic mass is 9.93. The van der Waals surface area contributed by atoms with Gasteiger partial charge in [-0.25, -0.2) is 9.59 Å². The summed E-state index contributed by atoms with van der Waals surface area (Å²) >= 11 is 7.00. The minimum atomic E-state index is -0.658. The molecule has 8 heteroatoms. The minimum absolute atomic E-state index is 0.0407. The predicted molar refractivity (Wildman–Crippen MR) is 167 cm³/mol. The number of ether oxygens (including phenoxy) is 2. The average Bonchev–Trinajstić information content (AvgIpc) is 2.88. The van der Waals surface area contributed by atoms with Crippen molar-refractivity contribution in [2.45, 2.75) is 52.6 Å². The van der Waals surface area contributed by atoms with E-state index in [2.05, 4.69) is 55.7 Å². The zero-order chi connectivity index (χ0) is 29.4. The molecule has 0 aliphatic heterocycles. The van der Waals surface area contributed by atoms with Crippen molar-refractivity contribution in [1.82, 2.24) is 10.6 Å². The second-order valence-electron chi connectivity index (χ2n) is 11.1. The molecule has 2 aromatic rings. The van der Waals surface area contributed by atoms with Crippen LogP contribution in [0.4, 0.5) is 9.59 Å². The molecule has 212 valence electrons. The number of hydrogen-bond donors (Lipinski definition) is 2. The molecule has 0 aromatic heterocycles. The topological polar surface area (TPSA) is 76.7 Å². The smallest absolute Gasteiger partial charge is 0.407 e. The number of allylic oxidation sites excluding steroid dienone is 2. The largest absolute Gasteiger partial charge is 0.449 e. The fourth-order valence-corrected chi connectivity index (χ4v) is 5.31. The van der Waals surface area contributed by atoms with Crippen molar-refractivity contribution < 1.29 is 19.1 Å². The fraction of sp³-hybridized carbons (Fsp3) is 0.419. The molecule has 0 heterocycles. The quantitative estimate of drug-likeness (QED) is 0.225. The number of carbonyl (C=O) groups excluding carboxylic acids is 2. The Kier molecular flexibility index (Phi) is 11.4. The zero-order valence-electron chi connectivity index (χ0n) is 23.8. The van der Waals surface area contributed by atoms with Crippen LogP contribution in [0.15, 0.2) is 61.7 Å². The highest BCUT2D eigenvalue weighted by Crippen LogP contribution is 2.27. The van der Waals surface area contributed by atoms with Crippen LogP contribution in [0.1, 0.15) is 63.8 Å². The van der Waals surface area contributed by atoms with Crippen molar-refractivity contribution in [3.8, 4) is 0 Å². The number of benzene rings is 2. The van der Waals surface area contributed by atoms with Gasteiger partial charge in [-0.1, -0.05) is 105 Å². The van der Waals surface area contributed by atoms with Crippen LogP contribution in [0.3, 0.4) is 0 Å². The highest BCUT2D eigenvalue weighted by atomic mass is 79.9. The molecule has 0 spiro atoms. The lowest BCUT2D eigenvalue weighted by molar-refractivity contribution is 0.0477. The summed E-state index contributed by atoms with van der Waals surface area (Å²) in [5.74, 6) is 0. The molecule has 0 unspecified atom stereocenters. The maximum Gasteiger partial charge on any atom is 0.407 e. The molecule has 0 atom stereocenters. The third-order valence-corrected chi connectivity index (χ3v) is 8.99. The predicted octanol–water partition coefficient (Wildman–Crippen LogP) is 8.15. The molecule has 0 aliphatic carbocycles. The normalized spacial score (nSPS) is 11.9. The summed E-state index contributed by atoms with van der Waals surface area (Å²) in [5.41, 5.74) is 3.96. The minimum Gasteiger partial charge on any atom is -0.449 e. The Morgan fingerprint density at radius 1 is 0.692 bits per heavy atom. The monoisotopic (exact) mass is 662 g/mol. The van der Waals surface area contributed by atoms with Crippen LogP contribution < -0.4 is 10.6 Å². The molecule has 2 N–H and O–H groups in total. The molecule has 2 rings (SSSR count). The van der Waals surface area contributed by atoms with Crippen LogP contribution in [-0.4, -0.2) is 36.1 Å². The number of alkyl halides is 2. The SMILES string of the molecule is C=C(C)c1ccc(C(C)(C)NC(=O)OCC(CBr)(CBr)COC(=O)NC(C)(C)c2ccc(C(=C)C)cc2)cc1. The highest BCUT2D eigenvalue weighted by molar-refractivity contribution is 9.09. The van der Waals surface area contributed by atoms with Gasteiger partial charge >= 0.3 is 12.2 Å². The van der Waals surface area contributed by atoms with E-state index < -0.39 is 28.7 Å². The van der Waals surface area contributed by atoms with Crippen molar-refractivity contribution in [1.29, 1.82) is 0 Å². The van der Waals surface area contributed by atoms with Crippen LogP contribution in [0.5, 0.6) is 0 Å². The summed E-state index contributed by atoms with van der Waals surface area (Å²) in [6.45, 7) is 19.5. The van der Waals surface area contributed by atoms with Crippen LogP contribution >= 0.6 is 31.9 Å². The lowest BCUT2D eigenvalue weighted by Gasteiger charge is -2.32. The Morgan fingerprint density at radius 3 is 1.26 bits per heavy atom. The first-order valence-electron chi connectivity index (χ1n) is 12.7. The number of carbonyl (C=O) groups is 2. The molecular formula is C31H40Br2N2O4. The summed E-state index contributed by atoms with van der Waals surface area (Å²) in [4.78, 5) is 25.5. The third kappa shape index (κ3) is 9.24. The molecule has 39 heavy (non-hydrogen) atoms. The van der Waals surface area contributed by atoms with Crippen molar-refractivity contribution in [2.24, 2.45) is 5.41 Å². The van der Waals surface area contributed by atoms with Crippen LogP contribution in [0, 0.1) is 5.41 Å². The van der Waals surface area contributed by atoms with E-state index in [9.17, 15) is 9.59 Å². The molecule has 0 fully saturated rings. The Bertz CT molecular complexity index is 1080. The first-order chi connectivity index (χ1) is 18.1. The molecular weight excluding hydrogens is 624 g/mol. The van der Waals surface area contributed by atoms with E-state index in [-0.39, 0.29) is 13.2 Å². The van der Waals surface area contributed by atoms with Gasteiger partial charge in [-0.05, 0) is 63.8 Å². The van der Waals surface area contributed by atoms with Gasteiger partial charge in [0, 0.05) is 10.7 Å². The van der Waals surface area contributed by atoms with Crippen LogP contribution in [0.2, 0.25) is 0 Å². The van der Waals surface area contributed by atoms with Gasteiger partial charge < -0.3 is 20.1 Å². The molecule has 0 saturated carbocycles. The van der Waals surface area contributed by atoms with E-state index in [0.29, 0.717) is 10.7 Å². The van der Waals surface area contributed by atoms with Gasteiger partial charge in [-0.2, -0.15) is 0 Å². The van der Waals surface area contributed by atoms with E-state index in [1.165, 1.54) is 0 Å².